The summed E-state index contributed by atoms with van der Waals surface area (Å²) in [5, 5.41) is 49.6. The minimum absolute atomic E-state index is 0.0349. The molecule has 5 heterocycles. The van der Waals surface area contributed by atoms with Crippen LogP contribution < -0.4 is 16.2 Å². The number of aryl methyl sites for hydroxylation is 1. The predicted octanol–water partition coefficient (Wildman–Crippen LogP) is 14.8. The highest BCUT2D eigenvalue weighted by Gasteiger charge is 2.60. The lowest BCUT2D eigenvalue weighted by molar-refractivity contribution is -0.177. The van der Waals surface area contributed by atoms with Crippen LogP contribution in [0.25, 0.3) is 10.8 Å². The van der Waals surface area contributed by atoms with E-state index in [-0.39, 0.29) is 66.3 Å². The van der Waals surface area contributed by atoms with E-state index in [4.69, 9.17) is 25.9 Å². The Hall–Kier alpha value is -8.06. The minimum atomic E-state index is -4.74. The average Bonchev–Trinajstić information content (AvgIpc) is 1.39. The summed E-state index contributed by atoms with van der Waals surface area (Å²) in [6.07, 6.45) is 9.20. The van der Waals surface area contributed by atoms with Gasteiger partial charge in [0.15, 0.2) is 5.96 Å². The van der Waals surface area contributed by atoms with Gasteiger partial charge < -0.3 is 41.4 Å². The van der Waals surface area contributed by atoms with Crippen LogP contribution in [0.1, 0.15) is 174 Å². The Morgan fingerprint density at radius 1 is 0.763 bits per heavy atom. The summed E-state index contributed by atoms with van der Waals surface area (Å²) < 4.78 is 56.3. The van der Waals surface area contributed by atoms with Crippen LogP contribution >= 0.6 is 0 Å². The van der Waals surface area contributed by atoms with E-state index in [1.54, 1.807) is 12.1 Å². The fraction of sp³-hybridized carbons (Fsp3) is 0.393. The van der Waals surface area contributed by atoms with Crippen LogP contribution in [0.2, 0.25) is 0 Å². The zero-order valence-corrected chi connectivity index (χ0v) is 56.0. The van der Waals surface area contributed by atoms with Crippen LogP contribution in [0.3, 0.4) is 0 Å². The van der Waals surface area contributed by atoms with E-state index in [0.717, 1.165) is 97.7 Å². The molecule has 0 radical (unpaired) electrons. The molecule has 0 aromatic heterocycles. The lowest BCUT2D eigenvalue weighted by atomic mass is 9.52. The summed E-state index contributed by atoms with van der Waals surface area (Å²) in [6, 6.07) is 61.8. The van der Waals surface area contributed by atoms with E-state index in [0.29, 0.717) is 81.1 Å². The van der Waals surface area contributed by atoms with Crippen molar-refractivity contribution < 1.29 is 42.9 Å². The number of benzene rings is 8. The van der Waals surface area contributed by atoms with Crippen molar-refractivity contribution in [3.05, 3.63) is 260 Å². The van der Waals surface area contributed by atoms with Crippen LogP contribution in [0.4, 0.5) is 0 Å². The molecule has 9 N–H and O–H groups in total. The standard InChI is InChI=1S/C84H89N3O9S/c1-51-22-23-60-44-68-33-36-71(60)74(51)48-79(97(92,93)94)75-46-64-42-63(45-69-39-54(50-88)16-10-19-58-43-67(89)32-35-73(58)81(64)95-69)80(75)56-24-29-66(30-25-56)84(96-68,87-82(85)86)76-37-31-65-28-26-61(49-83(65,91)77(76)40-53-14-6-3-7-15-53)57-27-34-72(62(41-57)38-52-12-4-2-5-13-52)78(90)47-59-20-11-18-55-17-8-9-21-70(55)59/h2-9,11-15,17-18,20-21,24-25,27,29-30,32-36,41,43-44,46,51,54,61,63,65,69,74-81,88-91H,16,22-23,26,28,31,37-40,42,45,47-50H2,1H3,(H4,85,86,87)(H,92,93,94)/t51-,54-,61-,63+,65+,69+,74-,75+,76-,77+,78-,79+,80-,81+,83-,84+/m0/s1. The van der Waals surface area contributed by atoms with Gasteiger partial charge in [-0.1, -0.05) is 183 Å². The Morgan fingerprint density at radius 2 is 1.51 bits per heavy atom. The van der Waals surface area contributed by atoms with Crippen LogP contribution in [0.5, 0.6) is 11.5 Å². The molecule has 3 fully saturated rings. The van der Waals surface area contributed by atoms with E-state index in [1.807, 2.05) is 30.3 Å². The number of guanidine groups is 1. The second-order valence-corrected chi connectivity index (χ2v) is 31.2. The molecular weight excluding hydrogens is 1230 g/mol. The predicted molar refractivity (Wildman–Crippen MR) is 380 cm³/mol. The number of fused-ring (bicyclic) bond motifs is 11. The molecule has 0 amide bonds. The number of hydrogen-bond acceptors (Lipinski definition) is 9. The van der Waals surface area contributed by atoms with Gasteiger partial charge in [0.25, 0.3) is 10.1 Å². The van der Waals surface area contributed by atoms with Crippen LogP contribution in [0, 0.1) is 53.3 Å². The third-order valence-electron chi connectivity index (χ3n) is 23.9. The largest absolute Gasteiger partial charge is 0.508 e. The molecule has 97 heavy (non-hydrogen) atoms. The number of allylic oxidation sites excluding steroid dienone is 1. The quantitative estimate of drug-likeness (QED) is 0.0201. The number of nitrogens with two attached hydrogens (primary N) is 2. The molecular formula is C84H89N3O9S. The van der Waals surface area contributed by atoms with Crippen molar-refractivity contribution >= 4 is 26.9 Å². The van der Waals surface area contributed by atoms with E-state index < -0.39 is 62.6 Å². The van der Waals surface area contributed by atoms with E-state index >= 15 is 0 Å². The van der Waals surface area contributed by atoms with Gasteiger partial charge >= 0.3 is 0 Å². The lowest BCUT2D eigenvalue weighted by Crippen LogP contribution is -2.60. The summed E-state index contributed by atoms with van der Waals surface area (Å²) in [6.45, 7) is 2.10. The highest BCUT2D eigenvalue weighted by molar-refractivity contribution is 7.86. The van der Waals surface area contributed by atoms with Gasteiger partial charge in [0.1, 0.15) is 17.6 Å². The summed E-state index contributed by atoms with van der Waals surface area (Å²) in [4.78, 5) is 5.41. The van der Waals surface area contributed by atoms with Gasteiger partial charge in [-0.15, -0.1) is 0 Å². The van der Waals surface area contributed by atoms with Gasteiger partial charge in [0.2, 0.25) is 5.72 Å². The Labute approximate surface area is 570 Å². The normalized spacial score (nSPS) is 30.0. The molecule has 16 atom stereocenters. The zero-order chi connectivity index (χ0) is 66.7. The molecule has 0 unspecified atom stereocenters. The topological polar surface area (TPSA) is 218 Å². The highest BCUT2D eigenvalue weighted by atomic mass is 32.2. The molecule has 10 bridgehead atoms. The number of phenols is 1. The van der Waals surface area contributed by atoms with Gasteiger partial charge in [-0.05, 0) is 216 Å². The number of aliphatic hydroxyl groups is 3. The van der Waals surface area contributed by atoms with Gasteiger partial charge in [0, 0.05) is 53.9 Å². The van der Waals surface area contributed by atoms with E-state index in [1.165, 1.54) is 0 Å². The van der Waals surface area contributed by atoms with Crippen molar-refractivity contribution in [2.45, 2.75) is 156 Å². The fourth-order valence-corrected chi connectivity index (χ4v) is 20.4. The third-order valence-corrected chi connectivity index (χ3v) is 25.2. The maximum atomic E-state index is 14.7. The maximum Gasteiger partial charge on any atom is 0.268 e. The average molecular weight is 1320 g/mol. The van der Waals surface area contributed by atoms with Crippen molar-refractivity contribution in [1.29, 1.82) is 0 Å². The molecule has 0 spiro atoms. The number of rotatable bonds is 12. The minimum Gasteiger partial charge on any atom is -0.508 e. The van der Waals surface area contributed by atoms with Crippen molar-refractivity contribution in [1.82, 2.24) is 0 Å². The Morgan fingerprint density at radius 3 is 2.29 bits per heavy atom. The number of nitrogens with zero attached hydrogens (tertiary/aromatic N) is 1. The third kappa shape index (κ3) is 12.7. The second kappa shape index (κ2) is 26.6. The molecule has 8 aromatic carbocycles. The van der Waals surface area contributed by atoms with Crippen molar-refractivity contribution in [2.24, 2.45) is 57.9 Å². The molecule has 500 valence electrons. The smallest absolute Gasteiger partial charge is 0.268 e. The summed E-state index contributed by atoms with van der Waals surface area (Å²) in [7, 11) is -4.74. The summed E-state index contributed by atoms with van der Waals surface area (Å²) in [5.41, 5.74) is 23.1. The molecule has 17 rings (SSSR count). The first-order chi connectivity index (χ1) is 47.0. The van der Waals surface area contributed by atoms with Gasteiger partial charge in [-0.25, -0.2) is 4.99 Å². The molecule has 5 aliphatic heterocycles. The number of ether oxygens (including phenoxy) is 2. The molecule has 2 saturated carbocycles. The van der Waals surface area contributed by atoms with Gasteiger partial charge in [-0.3, -0.25) is 4.55 Å². The van der Waals surface area contributed by atoms with Gasteiger partial charge in [0.05, 0.1) is 23.1 Å². The molecule has 1 saturated heterocycles. The van der Waals surface area contributed by atoms with Crippen molar-refractivity contribution in [3.8, 4) is 23.3 Å². The lowest BCUT2D eigenvalue weighted by Gasteiger charge is -2.57. The Kier molecular flexibility index (Phi) is 17.8. The number of aliphatic hydroxyl groups excluding tert-OH is 2. The Bertz CT molecular complexity index is 4460. The molecule has 12 nitrogen and oxygen atoms in total. The Balaban J connectivity index is 0.861. The number of aromatic hydroxyl groups is 1. The van der Waals surface area contributed by atoms with Crippen molar-refractivity contribution in [3.63, 3.8) is 0 Å². The molecule has 13 heteroatoms. The first-order valence-corrected chi connectivity index (χ1v) is 36.8. The zero-order valence-electron chi connectivity index (χ0n) is 55.2. The van der Waals surface area contributed by atoms with Gasteiger partial charge in [-0.2, -0.15) is 8.42 Å². The number of aliphatic imine (C=N–C) groups is 1. The van der Waals surface area contributed by atoms with Crippen LogP contribution in [0.15, 0.2) is 199 Å². The molecule has 8 aromatic rings. The van der Waals surface area contributed by atoms with E-state index in [2.05, 4.69) is 164 Å². The van der Waals surface area contributed by atoms with Crippen LogP contribution in [-0.2, 0) is 46.3 Å². The van der Waals surface area contributed by atoms with Crippen molar-refractivity contribution in [2.75, 3.05) is 6.61 Å². The SMILES string of the molecule is C[C@H]1CCc2cc3ccc2[C@H]1C[C@@H](S(=O)(=O)O)[C@H]1C=C2C[C@H](C[C@H]4C[C@@H](CO)CC#Cc5cc(O)ccc5[C@@H]2O4)[C@@H]1c1ccc(cc1)[C@](N=C(N)N)([C@H]1CC[C@H]2CC[C@H](c4ccc([C@@H](O)Cc5cccc6ccccc56)c(Cc5ccccc5)c4)C[C@@]2(O)[C@@H]1Cc1ccccc1)O3. The van der Waals surface area contributed by atoms with Crippen LogP contribution in [-0.4, -0.2) is 62.9 Å². The second-order valence-electron chi connectivity index (χ2n) is 29.6. The summed E-state index contributed by atoms with van der Waals surface area (Å²) in [5.74, 6) is 4.33. The molecule has 4 aliphatic carbocycles. The maximum absolute atomic E-state index is 14.7. The first kappa shape index (κ1) is 64.9. The fourth-order valence-electron chi connectivity index (χ4n) is 19.3. The monoisotopic (exact) mass is 1320 g/mol. The highest BCUT2D eigenvalue weighted by Crippen LogP contribution is 2.60. The number of phenolic OH excluding ortho intramolecular Hbond substituents is 1. The summed E-state index contributed by atoms with van der Waals surface area (Å²) >= 11 is 0. The molecule has 9 aliphatic rings. The van der Waals surface area contributed by atoms with E-state index in [9.17, 15) is 33.4 Å². The first-order valence-electron chi connectivity index (χ1n) is 35.3. The number of hydrogen-bond donors (Lipinski definition) is 7.